The Labute approximate surface area is 153 Å². The molecule has 1 aromatic heterocycles. The highest BCUT2D eigenvalue weighted by molar-refractivity contribution is 5.81. The van der Waals surface area contributed by atoms with E-state index in [2.05, 4.69) is 43.1 Å². The van der Waals surface area contributed by atoms with Crippen LogP contribution in [-0.4, -0.2) is 33.4 Å². The molecule has 26 heavy (non-hydrogen) atoms. The van der Waals surface area contributed by atoms with Gasteiger partial charge in [0.15, 0.2) is 0 Å². The van der Waals surface area contributed by atoms with E-state index in [1.165, 1.54) is 0 Å². The van der Waals surface area contributed by atoms with Crippen LogP contribution in [0, 0.1) is 0 Å². The minimum absolute atomic E-state index is 0.116. The maximum Gasteiger partial charge on any atom is 0.223 e. The van der Waals surface area contributed by atoms with Gasteiger partial charge in [-0.1, -0.05) is 60.7 Å². The lowest BCUT2D eigenvalue weighted by molar-refractivity contribution is -0.129. The van der Waals surface area contributed by atoms with E-state index in [-0.39, 0.29) is 17.9 Å². The molecule has 1 fully saturated rings. The van der Waals surface area contributed by atoms with Gasteiger partial charge < -0.3 is 9.88 Å². The number of hydrogen-bond donors (Lipinski definition) is 1. The molecular weight excluding hydrogens is 322 g/mol. The van der Waals surface area contributed by atoms with Crippen LogP contribution in [-0.2, 0) is 4.79 Å². The number of carbonyl (C=O) groups excluding carboxylic acids is 1. The second kappa shape index (κ2) is 6.79. The Morgan fingerprint density at radius 1 is 1.00 bits per heavy atom. The third-order valence-electron chi connectivity index (χ3n) is 5.00. The highest BCUT2D eigenvalue weighted by Gasteiger charge is 2.34. The molecule has 3 aromatic rings. The molecule has 1 aliphatic heterocycles. The number of hydrogen-bond acceptors (Lipinski definition) is 2. The van der Waals surface area contributed by atoms with Gasteiger partial charge in [0.1, 0.15) is 5.82 Å². The molecule has 0 unspecified atom stereocenters. The molecule has 0 spiro atoms. The molecule has 1 aliphatic rings. The fraction of sp³-hybridized carbons (Fsp3) is 0.273. The van der Waals surface area contributed by atoms with Gasteiger partial charge in [-0.05, 0) is 13.8 Å². The number of likely N-dealkylation sites (tertiary alicyclic amines) is 1. The normalized spacial score (nSPS) is 17.3. The number of benzene rings is 2. The Kier molecular flexibility index (Phi) is 4.33. The summed E-state index contributed by atoms with van der Waals surface area (Å²) in [6.45, 7) is 4.85. The lowest BCUT2D eigenvalue weighted by Crippen LogP contribution is -2.31. The maximum atomic E-state index is 12.3. The molecule has 0 bridgehead atoms. The monoisotopic (exact) mass is 345 g/mol. The summed E-state index contributed by atoms with van der Waals surface area (Å²) >= 11 is 0. The van der Waals surface area contributed by atoms with Crippen molar-refractivity contribution in [1.29, 1.82) is 0 Å². The molecule has 0 aliphatic carbocycles. The molecule has 1 atom stereocenters. The molecule has 1 amide bonds. The van der Waals surface area contributed by atoms with Gasteiger partial charge in [-0.15, -0.1) is 0 Å². The summed E-state index contributed by atoms with van der Waals surface area (Å²) in [6.07, 6.45) is 0.522. The summed E-state index contributed by atoms with van der Waals surface area (Å²) in [4.78, 5) is 22.7. The van der Waals surface area contributed by atoms with Gasteiger partial charge >= 0.3 is 0 Å². The Bertz CT molecular complexity index is 843. The summed E-state index contributed by atoms with van der Waals surface area (Å²) in [7, 11) is 0. The van der Waals surface area contributed by atoms with Crippen LogP contribution in [0.1, 0.15) is 32.0 Å². The van der Waals surface area contributed by atoms with Crippen LogP contribution in [0.15, 0.2) is 60.7 Å². The van der Waals surface area contributed by atoms with E-state index in [0.29, 0.717) is 6.42 Å². The second-order valence-corrected chi connectivity index (χ2v) is 7.12. The fourth-order valence-corrected chi connectivity index (χ4v) is 3.62. The average Bonchev–Trinajstić information content (AvgIpc) is 3.27. The topological polar surface area (TPSA) is 49.0 Å². The Balaban J connectivity index is 1.76. The zero-order chi connectivity index (χ0) is 18.1. The molecule has 1 saturated heterocycles. The molecule has 0 radical (unpaired) electrons. The van der Waals surface area contributed by atoms with E-state index >= 15 is 0 Å². The van der Waals surface area contributed by atoms with E-state index in [4.69, 9.17) is 4.98 Å². The van der Waals surface area contributed by atoms with E-state index in [0.717, 1.165) is 34.9 Å². The van der Waals surface area contributed by atoms with E-state index in [9.17, 15) is 4.79 Å². The standard InChI is InChI=1S/C22H23N3O/c1-15(2)25-14-18(13-19(25)26)22-23-20(16-9-5-3-6-10-16)21(24-22)17-11-7-4-8-12-17/h3-12,15,18H,13-14H2,1-2H3,(H,23,24)/t18-/m1/s1. The minimum atomic E-state index is 0.116. The lowest BCUT2D eigenvalue weighted by atomic mass is 10.1. The van der Waals surface area contributed by atoms with Crippen molar-refractivity contribution in [2.24, 2.45) is 0 Å². The molecule has 0 saturated carbocycles. The van der Waals surface area contributed by atoms with Crippen LogP contribution >= 0.6 is 0 Å². The van der Waals surface area contributed by atoms with E-state index in [1.54, 1.807) is 0 Å². The largest absolute Gasteiger partial charge is 0.341 e. The van der Waals surface area contributed by atoms with Crippen molar-refractivity contribution in [3.05, 3.63) is 66.5 Å². The van der Waals surface area contributed by atoms with Crippen molar-refractivity contribution in [2.75, 3.05) is 6.54 Å². The van der Waals surface area contributed by atoms with Crippen molar-refractivity contribution < 1.29 is 4.79 Å². The molecule has 4 rings (SSSR count). The summed E-state index contributed by atoms with van der Waals surface area (Å²) in [5, 5.41) is 0. The molecular formula is C22H23N3O. The fourth-order valence-electron chi connectivity index (χ4n) is 3.62. The van der Waals surface area contributed by atoms with Gasteiger partial charge in [-0.2, -0.15) is 0 Å². The molecule has 4 heteroatoms. The van der Waals surface area contributed by atoms with Gasteiger partial charge in [-0.25, -0.2) is 4.98 Å². The van der Waals surface area contributed by atoms with E-state index in [1.807, 2.05) is 41.3 Å². The number of aromatic amines is 1. The maximum absolute atomic E-state index is 12.3. The van der Waals surface area contributed by atoms with Crippen LogP contribution < -0.4 is 0 Å². The van der Waals surface area contributed by atoms with Crippen molar-refractivity contribution in [1.82, 2.24) is 14.9 Å². The van der Waals surface area contributed by atoms with Crippen molar-refractivity contribution in [2.45, 2.75) is 32.2 Å². The van der Waals surface area contributed by atoms with E-state index < -0.39 is 0 Å². The predicted molar refractivity (Wildman–Crippen MR) is 104 cm³/mol. The Hall–Kier alpha value is -2.88. The summed E-state index contributed by atoms with van der Waals surface area (Å²) in [6, 6.07) is 20.7. The van der Waals surface area contributed by atoms with Crippen molar-refractivity contribution >= 4 is 5.91 Å². The zero-order valence-corrected chi connectivity index (χ0v) is 15.1. The zero-order valence-electron chi connectivity index (χ0n) is 15.1. The third kappa shape index (κ3) is 3.03. The van der Waals surface area contributed by atoms with Gasteiger partial charge in [0.05, 0.1) is 11.4 Å². The first kappa shape index (κ1) is 16.6. The van der Waals surface area contributed by atoms with Crippen LogP contribution in [0.3, 0.4) is 0 Å². The summed E-state index contributed by atoms with van der Waals surface area (Å²) in [5.74, 6) is 1.23. The number of rotatable bonds is 4. The highest BCUT2D eigenvalue weighted by Crippen LogP contribution is 2.35. The van der Waals surface area contributed by atoms with Gasteiger partial charge in [-0.3, -0.25) is 4.79 Å². The molecule has 2 heterocycles. The highest BCUT2D eigenvalue weighted by atomic mass is 16.2. The van der Waals surface area contributed by atoms with Gasteiger partial charge in [0.2, 0.25) is 5.91 Å². The molecule has 1 N–H and O–H groups in total. The Morgan fingerprint density at radius 2 is 1.62 bits per heavy atom. The predicted octanol–water partition coefficient (Wildman–Crippen LogP) is 4.47. The average molecular weight is 345 g/mol. The van der Waals surface area contributed by atoms with Crippen LogP contribution in [0.4, 0.5) is 0 Å². The minimum Gasteiger partial charge on any atom is -0.341 e. The summed E-state index contributed by atoms with van der Waals surface area (Å²) < 4.78 is 0. The second-order valence-electron chi connectivity index (χ2n) is 7.12. The molecule has 132 valence electrons. The van der Waals surface area contributed by atoms with Gasteiger partial charge in [0.25, 0.3) is 0 Å². The quantitative estimate of drug-likeness (QED) is 0.758. The Morgan fingerprint density at radius 3 is 2.19 bits per heavy atom. The molecule has 2 aromatic carbocycles. The number of nitrogens with one attached hydrogen (secondary N) is 1. The van der Waals surface area contributed by atoms with Crippen LogP contribution in [0.25, 0.3) is 22.5 Å². The first-order valence-corrected chi connectivity index (χ1v) is 9.13. The van der Waals surface area contributed by atoms with Crippen LogP contribution in [0.5, 0.6) is 0 Å². The number of H-pyrrole nitrogens is 1. The number of nitrogens with zero attached hydrogens (tertiary/aromatic N) is 2. The van der Waals surface area contributed by atoms with Gasteiger partial charge in [0, 0.05) is 36.1 Å². The van der Waals surface area contributed by atoms with Crippen LogP contribution in [0.2, 0.25) is 0 Å². The first-order chi connectivity index (χ1) is 12.6. The number of carbonyl (C=O) groups is 1. The van der Waals surface area contributed by atoms with Crippen molar-refractivity contribution in [3.63, 3.8) is 0 Å². The third-order valence-corrected chi connectivity index (χ3v) is 5.00. The molecule has 4 nitrogen and oxygen atoms in total. The SMILES string of the molecule is CC(C)N1C[C@H](c2nc(-c3ccccc3)c(-c3ccccc3)[nH]2)CC1=O. The first-order valence-electron chi connectivity index (χ1n) is 9.13. The lowest BCUT2D eigenvalue weighted by Gasteiger charge is -2.20. The summed E-state index contributed by atoms with van der Waals surface area (Å²) in [5.41, 5.74) is 4.15. The smallest absolute Gasteiger partial charge is 0.223 e. The number of imidazole rings is 1. The number of aromatic nitrogens is 2. The van der Waals surface area contributed by atoms with Crippen molar-refractivity contribution in [3.8, 4) is 22.5 Å². The number of amides is 1.